The minimum atomic E-state index is -0.590. The molecule has 0 heterocycles. The lowest BCUT2D eigenvalue weighted by molar-refractivity contribution is -0.132. The maximum absolute atomic E-state index is 12.4. The average Bonchev–Trinajstić information content (AvgIpc) is 2.56. The highest BCUT2D eigenvalue weighted by atomic mass is 16.5. The molecular weight excluding hydrogens is 290 g/mol. The van der Waals surface area contributed by atoms with Crippen molar-refractivity contribution >= 4 is 5.91 Å². The molecule has 1 amide bonds. The molecule has 2 aromatic rings. The second-order valence-corrected chi connectivity index (χ2v) is 5.64. The number of aryl methyl sites for hydroxylation is 1. The fraction of sp³-hybridized carbons (Fsp3) is 0.316. The lowest BCUT2D eigenvalue weighted by Crippen LogP contribution is -2.37. The van der Waals surface area contributed by atoms with Crippen molar-refractivity contribution in [3.8, 4) is 5.75 Å². The summed E-state index contributed by atoms with van der Waals surface area (Å²) in [5.41, 5.74) is 1.98. The molecule has 2 atom stereocenters. The maximum Gasteiger partial charge on any atom is 0.253 e. The van der Waals surface area contributed by atoms with Crippen LogP contribution in [0.5, 0.6) is 5.75 Å². The van der Waals surface area contributed by atoms with E-state index < -0.39 is 6.10 Å². The third-order valence-corrected chi connectivity index (χ3v) is 3.77. The van der Waals surface area contributed by atoms with Gasteiger partial charge in [0, 0.05) is 13.2 Å². The van der Waals surface area contributed by atoms with Crippen LogP contribution in [-0.2, 0) is 16.0 Å². The smallest absolute Gasteiger partial charge is 0.253 e. The first-order chi connectivity index (χ1) is 11.1. The third kappa shape index (κ3) is 5.11. The van der Waals surface area contributed by atoms with Crippen LogP contribution in [0.25, 0.3) is 0 Å². The van der Waals surface area contributed by atoms with Gasteiger partial charge in [0.25, 0.3) is 5.91 Å². The molecule has 0 aromatic heterocycles. The summed E-state index contributed by atoms with van der Waals surface area (Å²) in [7, 11) is 1.54. The molecule has 0 radical (unpaired) electrons. The SMILES string of the molecule is CO[C@H](C(=O)N[C@H](C)CCc1ccc(O)cc1)c1ccccc1. The maximum atomic E-state index is 12.4. The Morgan fingerprint density at radius 1 is 1.13 bits per heavy atom. The first-order valence-electron chi connectivity index (χ1n) is 7.76. The Morgan fingerprint density at radius 3 is 2.39 bits per heavy atom. The Bertz CT molecular complexity index is 610. The molecule has 0 fully saturated rings. The van der Waals surface area contributed by atoms with Crippen LogP contribution in [0.2, 0.25) is 0 Å². The standard InChI is InChI=1S/C19H23NO3/c1-14(8-9-15-10-12-17(21)13-11-15)20-19(22)18(23-2)16-6-4-3-5-7-16/h3-7,10-14,18,21H,8-9H2,1-2H3,(H,20,22)/t14-,18+/m1/s1. The van der Waals surface area contributed by atoms with Gasteiger partial charge in [0.2, 0.25) is 0 Å². The van der Waals surface area contributed by atoms with Gasteiger partial charge in [0.15, 0.2) is 6.10 Å². The zero-order valence-electron chi connectivity index (χ0n) is 13.5. The summed E-state index contributed by atoms with van der Waals surface area (Å²) in [6, 6.07) is 16.6. The number of ether oxygens (including phenoxy) is 1. The van der Waals surface area contributed by atoms with Crippen molar-refractivity contribution in [1.82, 2.24) is 5.32 Å². The summed E-state index contributed by atoms with van der Waals surface area (Å²) in [6.45, 7) is 1.98. The lowest BCUT2D eigenvalue weighted by Gasteiger charge is -2.19. The van der Waals surface area contributed by atoms with Crippen LogP contribution < -0.4 is 5.32 Å². The molecular formula is C19H23NO3. The van der Waals surface area contributed by atoms with E-state index in [9.17, 15) is 9.90 Å². The number of nitrogens with one attached hydrogen (secondary N) is 1. The topological polar surface area (TPSA) is 58.6 Å². The highest BCUT2D eigenvalue weighted by Gasteiger charge is 2.21. The molecule has 0 bridgehead atoms. The van der Waals surface area contributed by atoms with Crippen molar-refractivity contribution in [2.45, 2.75) is 31.9 Å². The highest BCUT2D eigenvalue weighted by Crippen LogP contribution is 2.17. The van der Waals surface area contributed by atoms with Crippen molar-refractivity contribution in [2.24, 2.45) is 0 Å². The normalized spacial score (nSPS) is 13.3. The summed E-state index contributed by atoms with van der Waals surface area (Å²) in [5, 5.41) is 12.3. The van der Waals surface area contributed by atoms with Gasteiger partial charge in [-0.3, -0.25) is 4.79 Å². The number of methoxy groups -OCH3 is 1. The van der Waals surface area contributed by atoms with E-state index in [1.54, 1.807) is 19.2 Å². The molecule has 0 aliphatic heterocycles. The van der Waals surface area contributed by atoms with E-state index >= 15 is 0 Å². The first-order valence-corrected chi connectivity index (χ1v) is 7.76. The number of phenols is 1. The zero-order chi connectivity index (χ0) is 16.7. The Hall–Kier alpha value is -2.33. The van der Waals surface area contributed by atoms with Crippen molar-refractivity contribution in [3.05, 3.63) is 65.7 Å². The number of amides is 1. The molecule has 4 heteroatoms. The molecule has 0 unspecified atom stereocenters. The van der Waals surface area contributed by atoms with Crippen LogP contribution in [0.15, 0.2) is 54.6 Å². The number of rotatable bonds is 7. The minimum absolute atomic E-state index is 0.0395. The third-order valence-electron chi connectivity index (χ3n) is 3.77. The van der Waals surface area contributed by atoms with Crippen LogP contribution in [0.1, 0.15) is 30.6 Å². The fourth-order valence-corrected chi connectivity index (χ4v) is 2.46. The van der Waals surface area contributed by atoms with Gasteiger partial charge in [-0.2, -0.15) is 0 Å². The second kappa shape index (κ2) is 8.34. The number of benzene rings is 2. The summed E-state index contributed by atoms with van der Waals surface area (Å²) < 4.78 is 5.34. The monoisotopic (exact) mass is 313 g/mol. The van der Waals surface area contributed by atoms with Crippen LogP contribution >= 0.6 is 0 Å². The van der Waals surface area contributed by atoms with Crippen LogP contribution in [0, 0.1) is 0 Å². The molecule has 0 saturated heterocycles. The van der Waals surface area contributed by atoms with Gasteiger partial charge in [-0.25, -0.2) is 0 Å². The van der Waals surface area contributed by atoms with E-state index in [-0.39, 0.29) is 17.7 Å². The largest absolute Gasteiger partial charge is 0.508 e. The highest BCUT2D eigenvalue weighted by molar-refractivity contribution is 5.82. The molecule has 0 spiro atoms. The van der Waals surface area contributed by atoms with Crippen LogP contribution in [-0.4, -0.2) is 24.2 Å². The van der Waals surface area contributed by atoms with E-state index in [1.807, 2.05) is 49.4 Å². The lowest BCUT2D eigenvalue weighted by atomic mass is 10.0. The quantitative estimate of drug-likeness (QED) is 0.825. The van der Waals surface area contributed by atoms with E-state index in [2.05, 4.69) is 5.32 Å². The Morgan fingerprint density at radius 2 is 1.78 bits per heavy atom. The van der Waals surface area contributed by atoms with Gasteiger partial charge in [0.1, 0.15) is 5.75 Å². The van der Waals surface area contributed by atoms with Crippen molar-refractivity contribution in [2.75, 3.05) is 7.11 Å². The van der Waals surface area contributed by atoms with E-state index in [0.717, 1.165) is 24.0 Å². The van der Waals surface area contributed by atoms with Crippen molar-refractivity contribution < 1.29 is 14.6 Å². The summed E-state index contributed by atoms with van der Waals surface area (Å²) in [4.78, 5) is 12.4. The summed E-state index contributed by atoms with van der Waals surface area (Å²) in [6.07, 6.45) is 1.07. The van der Waals surface area contributed by atoms with Gasteiger partial charge in [0.05, 0.1) is 0 Å². The van der Waals surface area contributed by atoms with Crippen molar-refractivity contribution in [3.63, 3.8) is 0 Å². The molecule has 4 nitrogen and oxygen atoms in total. The molecule has 2 aromatic carbocycles. The van der Waals surface area contributed by atoms with Crippen LogP contribution in [0.3, 0.4) is 0 Å². The van der Waals surface area contributed by atoms with Gasteiger partial charge in [-0.1, -0.05) is 42.5 Å². The molecule has 122 valence electrons. The van der Waals surface area contributed by atoms with Gasteiger partial charge >= 0.3 is 0 Å². The predicted molar refractivity (Wildman–Crippen MR) is 90.2 cm³/mol. The zero-order valence-corrected chi connectivity index (χ0v) is 13.5. The molecule has 0 aliphatic carbocycles. The van der Waals surface area contributed by atoms with Crippen molar-refractivity contribution in [1.29, 1.82) is 0 Å². The molecule has 2 rings (SSSR count). The molecule has 0 aliphatic rings. The summed E-state index contributed by atoms with van der Waals surface area (Å²) >= 11 is 0. The Balaban J connectivity index is 1.87. The molecule has 23 heavy (non-hydrogen) atoms. The average molecular weight is 313 g/mol. The predicted octanol–water partition coefficient (Wildman–Crippen LogP) is 3.22. The number of hydrogen-bond donors (Lipinski definition) is 2. The minimum Gasteiger partial charge on any atom is -0.508 e. The first kappa shape index (κ1) is 17.0. The number of carbonyl (C=O) groups excluding carboxylic acids is 1. The molecule has 2 N–H and O–H groups in total. The summed E-state index contributed by atoms with van der Waals surface area (Å²) in [5.74, 6) is 0.137. The molecule has 0 saturated carbocycles. The van der Waals surface area contributed by atoms with E-state index in [4.69, 9.17) is 4.74 Å². The van der Waals surface area contributed by atoms with Crippen LogP contribution in [0.4, 0.5) is 0 Å². The number of phenolic OH excluding ortho intramolecular Hbond substituents is 1. The van der Waals surface area contributed by atoms with Gasteiger partial charge < -0.3 is 15.2 Å². The van der Waals surface area contributed by atoms with E-state index in [1.165, 1.54) is 0 Å². The van der Waals surface area contributed by atoms with E-state index in [0.29, 0.717) is 0 Å². The number of aromatic hydroxyl groups is 1. The fourth-order valence-electron chi connectivity index (χ4n) is 2.46. The number of carbonyl (C=O) groups is 1. The Kier molecular flexibility index (Phi) is 6.18. The second-order valence-electron chi connectivity index (χ2n) is 5.64. The Labute approximate surface area is 137 Å². The number of hydrogen-bond acceptors (Lipinski definition) is 3. The van der Waals surface area contributed by atoms with Gasteiger partial charge in [-0.15, -0.1) is 0 Å². The van der Waals surface area contributed by atoms with Gasteiger partial charge in [-0.05, 0) is 43.0 Å².